The molecule has 13 heavy (non-hydrogen) atoms. The molecule has 5 heteroatoms. The van der Waals surface area contributed by atoms with Crippen molar-refractivity contribution in [3.8, 4) is 0 Å². The molecule has 72 valence electrons. The molecule has 0 atom stereocenters. The topological polar surface area (TPSA) is 29.5 Å². The van der Waals surface area contributed by atoms with E-state index in [1.54, 1.807) is 6.07 Å². The summed E-state index contributed by atoms with van der Waals surface area (Å²) >= 11 is 4.83. The van der Waals surface area contributed by atoms with Crippen molar-refractivity contribution in [2.24, 2.45) is 0 Å². The molecule has 0 N–H and O–H groups in total. The highest BCUT2D eigenvalue weighted by Crippen LogP contribution is 2.33. The maximum Gasteiger partial charge on any atom is 0.339 e. The molecule has 1 heterocycles. The quantitative estimate of drug-likeness (QED) is 0.768. The summed E-state index contributed by atoms with van der Waals surface area (Å²) in [6.07, 6.45) is 0. The summed E-state index contributed by atoms with van der Waals surface area (Å²) < 4.78 is 5.44. The second-order valence-electron chi connectivity index (χ2n) is 2.66. The molecule has 0 aliphatic heterocycles. The minimum atomic E-state index is -0.309. The lowest BCUT2D eigenvalue weighted by Gasteiger charge is -2.06. The molecule has 0 spiro atoms. The van der Waals surface area contributed by atoms with Crippen molar-refractivity contribution in [3.63, 3.8) is 0 Å². The summed E-state index contributed by atoms with van der Waals surface area (Å²) in [4.78, 5) is 13.2. The van der Waals surface area contributed by atoms with Gasteiger partial charge < -0.3 is 9.64 Å². The number of halogens is 1. The van der Waals surface area contributed by atoms with Gasteiger partial charge in [0.25, 0.3) is 0 Å². The minimum Gasteiger partial charge on any atom is -0.465 e. The van der Waals surface area contributed by atoms with Crippen LogP contribution in [0.15, 0.2) is 9.85 Å². The Labute approximate surface area is 89.4 Å². The Morgan fingerprint density at radius 2 is 2.23 bits per heavy atom. The smallest absolute Gasteiger partial charge is 0.339 e. The molecule has 0 aliphatic rings. The predicted molar refractivity (Wildman–Crippen MR) is 57.7 cm³/mol. The monoisotopic (exact) mass is 263 g/mol. The number of nitrogens with zero attached hydrogens (tertiary/aromatic N) is 1. The second-order valence-corrected chi connectivity index (χ2v) is 5.01. The number of carbonyl (C=O) groups is 1. The standard InChI is InChI=1S/C8H10BrNO2S/c1-10(2)6-4-5(7(9)13-6)8(11)12-3/h4H,1-3H3. The van der Waals surface area contributed by atoms with Crippen LogP contribution in [0.5, 0.6) is 0 Å². The van der Waals surface area contributed by atoms with E-state index >= 15 is 0 Å². The van der Waals surface area contributed by atoms with Gasteiger partial charge in [0.1, 0.15) is 0 Å². The van der Waals surface area contributed by atoms with E-state index in [2.05, 4.69) is 20.7 Å². The summed E-state index contributed by atoms with van der Waals surface area (Å²) in [5.74, 6) is -0.309. The minimum absolute atomic E-state index is 0.309. The van der Waals surface area contributed by atoms with Crippen LogP contribution in [0.3, 0.4) is 0 Å². The van der Waals surface area contributed by atoms with E-state index in [-0.39, 0.29) is 5.97 Å². The molecule has 0 saturated carbocycles. The summed E-state index contributed by atoms with van der Waals surface area (Å²) in [5, 5.41) is 1.02. The Morgan fingerprint density at radius 3 is 2.62 bits per heavy atom. The molecule has 1 aromatic heterocycles. The first-order valence-electron chi connectivity index (χ1n) is 3.61. The van der Waals surface area contributed by atoms with Gasteiger partial charge in [0, 0.05) is 14.1 Å². The number of esters is 1. The summed E-state index contributed by atoms with van der Waals surface area (Å²) in [6, 6.07) is 1.81. The summed E-state index contributed by atoms with van der Waals surface area (Å²) in [6.45, 7) is 0. The van der Waals surface area contributed by atoms with Gasteiger partial charge in [-0.05, 0) is 22.0 Å². The number of carbonyl (C=O) groups excluding carboxylic acids is 1. The number of methoxy groups -OCH3 is 1. The Morgan fingerprint density at radius 1 is 1.62 bits per heavy atom. The number of rotatable bonds is 2. The Hall–Kier alpha value is -0.550. The lowest BCUT2D eigenvalue weighted by Crippen LogP contribution is -2.06. The SMILES string of the molecule is COC(=O)c1cc(N(C)C)sc1Br. The van der Waals surface area contributed by atoms with Gasteiger partial charge in [-0.3, -0.25) is 0 Å². The van der Waals surface area contributed by atoms with Gasteiger partial charge in [0.2, 0.25) is 0 Å². The van der Waals surface area contributed by atoms with Crippen molar-refractivity contribution < 1.29 is 9.53 Å². The van der Waals surface area contributed by atoms with E-state index in [0.29, 0.717) is 5.56 Å². The van der Waals surface area contributed by atoms with Gasteiger partial charge in [-0.15, -0.1) is 11.3 Å². The van der Waals surface area contributed by atoms with Crippen molar-refractivity contribution in [3.05, 3.63) is 15.4 Å². The van der Waals surface area contributed by atoms with Crippen molar-refractivity contribution in [2.45, 2.75) is 0 Å². The number of ether oxygens (including phenoxy) is 1. The molecule has 0 saturated heterocycles. The first kappa shape index (κ1) is 10.5. The Bertz CT molecular complexity index is 322. The molecule has 0 aliphatic carbocycles. The van der Waals surface area contributed by atoms with Crippen LogP contribution in [-0.2, 0) is 4.74 Å². The number of hydrogen-bond acceptors (Lipinski definition) is 4. The highest BCUT2D eigenvalue weighted by atomic mass is 79.9. The maximum atomic E-state index is 11.2. The number of anilines is 1. The lowest BCUT2D eigenvalue weighted by atomic mass is 10.3. The van der Waals surface area contributed by atoms with Crippen LogP contribution in [-0.4, -0.2) is 27.2 Å². The fourth-order valence-corrected chi connectivity index (χ4v) is 2.40. The highest BCUT2D eigenvalue weighted by molar-refractivity contribution is 9.11. The average molecular weight is 264 g/mol. The molecule has 0 unspecified atom stereocenters. The Kier molecular flexibility index (Phi) is 3.33. The highest BCUT2D eigenvalue weighted by Gasteiger charge is 2.15. The third kappa shape index (κ3) is 2.22. The van der Waals surface area contributed by atoms with Gasteiger partial charge in [-0.2, -0.15) is 0 Å². The molecule has 3 nitrogen and oxygen atoms in total. The zero-order valence-corrected chi connectivity index (χ0v) is 10.0. The van der Waals surface area contributed by atoms with Crippen LogP contribution >= 0.6 is 27.3 Å². The van der Waals surface area contributed by atoms with Crippen molar-refractivity contribution in [1.82, 2.24) is 0 Å². The van der Waals surface area contributed by atoms with Gasteiger partial charge in [-0.25, -0.2) is 4.79 Å². The molecule has 1 aromatic rings. The van der Waals surface area contributed by atoms with E-state index in [0.717, 1.165) is 8.79 Å². The van der Waals surface area contributed by atoms with E-state index < -0.39 is 0 Å². The fraction of sp³-hybridized carbons (Fsp3) is 0.375. The third-order valence-corrected chi connectivity index (χ3v) is 3.52. The number of hydrogen-bond donors (Lipinski definition) is 0. The lowest BCUT2D eigenvalue weighted by molar-refractivity contribution is 0.0600. The summed E-state index contributed by atoms with van der Waals surface area (Å²) in [5.41, 5.74) is 0.580. The first-order valence-corrected chi connectivity index (χ1v) is 5.22. The molecular formula is C8H10BrNO2S. The molecule has 1 rings (SSSR count). The fourth-order valence-electron chi connectivity index (χ4n) is 0.826. The van der Waals surface area contributed by atoms with Gasteiger partial charge in [0.15, 0.2) is 0 Å². The van der Waals surface area contributed by atoms with Gasteiger partial charge in [-0.1, -0.05) is 0 Å². The molecule has 0 amide bonds. The van der Waals surface area contributed by atoms with Crippen LogP contribution in [0.2, 0.25) is 0 Å². The van der Waals surface area contributed by atoms with Crippen LogP contribution in [0.4, 0.5) is 5.00 Å². The third-order valence-electron chi connectivity index (χ3n) is 1.52. The van der Waals surface area contributed by atoms with Gasteiger partial charge >= 0.3 is 5.97 Å². The molecular weight excluding hydrogens is 254 g/mol. The average Bonchev–Trinajstić information content (AvgIpc) is 2.46. The zero-order valence-electron chi connectivity index (χ0n) is 7.63. The van der Waals surface area contributed by atoms with Gasteiger partial charge in [0.05, 0.1) is 21.5 Å². The maximum absolute atomic E-state index is 11.2. The molecule has 0 bridgehead atoms. The zero-order chi connectivity index (χ0) is 10.0. The number of thiophene rings is 1. The summed E-state index contributed by atoms with van der Waals surface area (Å²) in [7, 11) is 5.24. The largest absolute Gasteiger partial charge is 0.465 e. The Balaban J connectivity index is 3.03. The van der Waals surface area contributed by atoms with Crippen LogP contribution < -0.4 is 4.90 Å². The van der Waals surface area contributed by atoms with Crippen LogP contribution in [0.1, 0.15) is 10.4 Å². The normalized spacial score (nSPS) is 9.85. The van der Waals surface area contributed by atoms with E-state index in [1.807, 2.05) is 19.0 Å². The van der Waals surface area contributed by atoms with E-state index in [9.17, 15) is 4.79 Å². The molecule has 0 aromatic carbocycles. The second kappa shape index (κ2) is 4.11. The first-order chi connectivity index (χ1) is 6.06. The van der Waals surface area contributed by atoms with Crippen molar-refractivity contribution >= 4 is 38.2 Å². The molecule has 0 fully saturated rings. The van der Waals surface area contributed by atoms with Crippen LogP contribution in [0, 0.1) is 0 Å². The van der Waals surface area contributed by atoms with Crippen LogP contribution in [0.25, 0.3) is 0 Å². The van der Waals surface area contributed by atoms with E-state index in [1.165, 1.54) is 18.4 Å². The van der Waals surface area contributed by atoms with E-state index in [4.69, 9.17) is 0 Å². The van der Waals surface area contributed by atoms with Crippen molar-refractivity contribution in [2.75, 3.05) is 26.1 Å². The van der Waals surface area contributed by atoms with Crippen molar-refractivity contribution in [1.29, 1.82) is 0 Å². The predicted octanol–water partition coefficient (Wildman–Crippen LogP) is 2.36. The molecule has 0 radical (unpaired) electrons.